The highest BCUT2D eigenvalue weighted by Crippen LogP contribution is 2.43. The summed E-state index contributed by atoms with van der Waals surface area (Å²) in [7, 11) is 2.85. The predicted octanol–water partition coefficient (Wildman–Crippen LogP) is 4.44. The van der Waals surface area contributed by atoms with Gasteiger partial charge in [-0.05, 0) is 44.9 Å². The van der Waals surface area contributed by atoms with E-state index in [1.54, 1.807) is 27.8 Å². The lowest BCUT2D eigenvalue weighted by Crippen LogP contribution is -2.68. The van der Waals surface area contributed by atoms with Crippen LogP contribution in [-0.4, -0.2) is 83.2 Å². The summed E-state index contributed by atoms with van der Waals surface area (Å²) in [6.07, 6.45) is -1.42. The summed E-state index contributed by atoms with van der Waals surface area (Å²) in [5.41, 5.74) is -5.56. The van der Waals surface area contributed by atoms with Crippen LogP contribution < -0.4 is 15.2 Å². The maximum absolute atomic E-state index is 16.3. The second kappa shape index (κ2) is 11.9. The van der Waals surface area contributed by atoms with Crippen LogP contribution in [0.15, 0.2) is 29.1 Å². The van der Waals surface area contributed by atoms with Crippen LogP contribution in [0.5, 0.6) is 5.75 Å². The number of anilines is 1. The Morgan fingerprint density at radius 1 is 1.19 bits per heavy atom. The highest BCUT2D eigenvalue weighted by Gasteiger charge is 2.51. The number of carboxylic acid groups (broad SMARTS) is 2. The number of benzene rings is 1. The molecular formula is C31H33F2N7O8. The molecule has 2 atom stereocenters. The van der Waals surface area contributed by atoms with Crippen LogP contribution in [0.3, 0.4) is 0 Å². The minimum absolute atomic E-state index is 0.0886. The van der Waals surface area contributed by atoms with E-state index in [1.807, 2.05) is 0 Å². The molecule has 1 aromatic carbocycles. The van der Waals surface area contributed by atoms with Crippen molar-refractivity contribution >= 4 is 34.5 Å². The van der Waals surface area contributed by atoms with Crippen LogP contribution in [0.2, 0.25) is 0 Å². The summed E-state index contributed by atoms with van der Waals surface area (Å²) >= 11 is 0. The molecule has 0 aliphatic carbocycles. The number of nitro groups is 1. The first-order valence-electron chi connectivity index (χ1n) is 14.8. The van der Waals surface area contributed by atoms with Crippen LogP contribution in [-0.2, 0) is 11.8 Å². The number of piperazine rings is 1. The standard InChI is InChI=1S/C31H33F2N7O8/c1-14(2)22-24(16(4)36(6)35-22)39-27-17(11-19(33)23(34-27)21-18(32)9-8-10-20(21)48-7)25(26(28(39)41)40(46)47)38-12-15(3)37(30(44)45)13-31(38,5)29(42)43/h8-11,14-15H,12-13H2,1-7H3,(H,42,43)(H,44,45)/t15-,31-/m1/s1. The number of hydrogen-bond donors (Lipinski definition) is 2. The van der Waals surface area contributed by atoms with Gasteiger partial charge in [0.15, 0.2) is 17.0 Å². The predicted molar refractivity (Wildman–Crippen MR) is 169 cm³/mol. The molecule has 1 amide bonds. The molecule has 0 saturated carbocycles. The topological polar surface area (TPSA) is 186 Å². The Morgan fingerprint density at radius 2 is 1.85 bits per heavy atom. The molecule has 1 saturated heterocycles. The number of hydrogen-bond acceptors (Lipinski definition) is 9. The lowest BCUT2D eigenvalue weighted by molar-refractivity contribution is -0.385. The number of amides is 1. The second-order valence-corrected chi connectivity index (χ2v) is 12.1. The average Bonchev–Trinajstić information content (AvgIpc) is 3.30. The Morgan fingerprint density at radius 3 is 2.42 bits per heavy atom. The van der Waals surface area contributed by atoms with E-state index in [9.17, 15) is 34.7 Å². The fourth-order valence-corrected chi connectivity index (χ4v) is 6.18. The first-order valence-corrected chi connectivity index (χ1v) is 14.8. The molecule has 254 valence electrons. The van der Waals surface area contributed by atoms with Crippen molar-refractivity contribution in [2.45, 2.75) is 52.1 Å². The first-order chi connectivity index (χ1) is 22.5. The minimum Gasteiger partial charge on any atom is -0.496 e. The molecule has 15 nitrogen and oxygen atoms in total. The van der Waals surface area contributed by atoms with Gasteiger partial charge in [0, 0.05) is 19.6 Å². The molecule has 0 radical (unpaired) electrons. The number of ether oxygens (including phenoxy) is 1. The fraction of sp³-hybridized carbons (Fsp3) is 0.387. The number of fused-ring (bicyclic) bond motifs is 1. The van der Waals surface area contributed by atoms with Gasteiger partial charge in [-0.2, -0.15) is 5.10 Å². The lowest BCUT2D eigenvalue weighted by Gasteiger charge is -2.49. The quantitative estimate of drug-likeness (QED) is 0.209. The normalized spacial score (nSPS) is 18.1. The molecule has 5 rings (SSSR count). The molecular weight excluding hydrogens is 636 g/mol. The number of aryl methyl sites for hydroxylation is 1. The SMILES string of the molecule is COc1cccc(F)c1-c1nc2c(cc1F)c(N1C[C@@H](C)N(C(=O)O)C[C@]1(C)C(=O)O)c([N+](=O)[O-])c(=O)n2-c1c(C(C)C)nn(C)c1C. The van der Waals surface area contributed by atoms with Crippen molar-refractivity contribution in [3.63, 3.8) is 0 Å². The molecule has 2 N–H and O–H groups in total. The van der Waals surface area contributed by atoms with Crippen molar-refractivity contribution in [2.75, 3.05) is 25.1 Å². The van der Waals surface area contributed by atoms with Gasteiger partial charge in [-0.25, -0.2) is 23.4 Å². The van der Waals surface area contributed by atoms with Crippen molar-refractivity contribution in [3.05, 3.63) is 67.8 Å². The van der Waals surface area contributed by atoms with Gasteiger partial charge in [0.05, 0.1) is 46.6 Å². The molecule has 1 aliphatic heterocycles. The number of pyridine rings is 2. The maximum atomic E-state index is 16.3. The van der Waals surface area contributed by atoms with Gasteiger partial charge >= 0.3 is 23.3 Å². The largest absolute Gasteiger partial charge is 0.496 e. The molecule has 1 fully saturated rings. The Bertz CT molecular complexity index is 2080. The van der Waals surface area contributed by atoms with Crippen molar-refractivity contribution in [1.29, 1.82) is 0 Å². The Balaban J connectivity index is 2.04. The summed E-state index contributed by atoms with van der Waals surface area (Å²) < 4.78 is 39.3. The Hall–Kier alpha value is -5.61. The van der Waals surface area contributed by atoms with Crippen molar-refractivity contribution in [3.8, 4) is 22.7 Å². The third kappa shape index (κ3) is 5.05. The highest BCUT2D eigenvalue weighted by molar-refractivity contribution is 6.00. The Labute approximate surface area is 271 Å². The molecule has 4 aromatic rings. The molecule has 0 bridgehead atoms. The first kappa shape index (κ1) is 33.7. The van der Waals surface area contributed by atoms with Gasteiger partial charge in [0.1, 0.15) is 22.9 Å². The zero-order valence-corrected chi connectivity index (χ0v) is 27.1. The van der Waals surface area contributed by atoms with Gasteiger partial charge in [0.2, 0.25) is 0 Å². The maximum Gasteiger partial charge on any atom is 0.407 e. The van der Waals surface area contributed by atoms with E-state index in [-0.39, 0.29) is 34.0 Å². The summed E-state index contributed by atoms with van der Waals surface area (Å²) in [6, 6.07) is 3.69. The number of carboxylic acids is 1. The van der Waals surface area contributed by atoms with Crippen LogP contribution in [0.25, 0.3) is 28.0 Å². The number of aliphatic carboxylic acids is 1. The number of halogens is 2. The number of methoxy groups -OCH3 is 1. The lowest BCUT2D eigenvalue weighted by atomic mass is 9.92. The third-order valence-corrected chi connectivity index (χ3v) is 8.80. The number of carbonyl (C=O) groups is 2. The van der Waals surface area contributed by atoms with E-state index >= 15 is 8.78 Å². The van der Waals surface area contributed by atoms with E-state index in [2.05, 4.69) is 10.1 Å². The molecule has 3 aromatic heterocycles. The third-order valence-electron chi connectivity index (χ3n) is 8.80. The van der Waals surface area contributed by atoms with E-state index in [0.29, 0.717) is 11.4 Å². The molecule has 17 heteroatoms. The molecule has 1 aliphatic rings. The number of rotatable bonds is 7. The minimum atomic E-state index is -2.17. The van der Waals surface area contributed by atoms with Crippen LogP contribution in [0, 0.1) is 28.7 Å². The summed E-state index contributed by atoms with van der Waals surface area (Å²) in [5.74, 6) is -4.04. The zero-order valence-electron chi connectivity index (χ0n) is 27.1. The smallest absolute Gasteiger partial charge is 0.407 e. The van der Waals surface area contributed by atoms with Gasteiger partial charge in [-0.1, -0.05) is 19.9 Å². The molecule has 0 spiro atoms. The van der Waals surface area contributed by atoms with Gasteiger partial charge in [-0.3, -0.25) is 24.2 Å². The van der Waals surface area contributed by atoms with E-state index in [1.165, 1.54) is 30.8 Å². The van der Waals surface area contributed by atoms with Crippen LogP contribution >= 0.6 is 0 Å². The second-order valence-electron chi connectivity index (χ2n) is 12.1. The van der Waals surface area contributed by atoms with Crippen LogP contribution in [0.4, 0.5) is 25.0 Å². The molecule has 4 heterocycles. The number of aromatic nitrogens is 4. The van der Waals surface area contributed by atoms with Gasteiger partial charge < -0.3 is 24.7 Å². The summed E-state index contributed by atoms with van der Waals surface area (Å²) in [6.45, 7) is 6.72. The van der Waals surface area contributed by atoms with Crippen LogP contribution in [0.1, 0.15) is 45.0 Å². The van der Waals surface area contributed by atoms with Crippen molar-refractivity contribution < 1.29 is 38.2 Å². The van der Waals surface area contributed by atoms with Gasteiger partial charge in [-0.15, -0.1) is 0 Å². The fourth-order valence-electron chi connectivity index (χ4n) is 6.18. The number of nitrogens with zero attached hydrogens (tertiary/aromatic N) is 7. The van der Waals surface area contributed by atoms with E-state index in [4.69, 9.17) is 4.74 Å². The van der Waals surface area contributed by atoms with E-state index < -0.39 is 75.9 Å². The zero-order chi connectivity index (χ0) is 35.6. The Kier molecular flexibility index (Phi) is 8.35. The monoisotopic (exact) mass is 669 g/mol. The van der Waals surface area contributed by atoms with Gasteiger partial charge in [0.25, 0.3) is 0 Å². The highest BCUT2D eigenvalue weighted by atomic mass is 19.1. The summed E-state index contributed by atoms with van der Waals surface area (Å²) in [5, 5.41) is 37.2. The summed E-state index contributed by atoms with van der Waals surface area (Å²) in [4.78, 5) is 57.6. The van der Waals surface area contributed by atoms with Crippen molar-refractivity contribution in [1.82, 2.24) is 24.2 Å². The average molecular weight is 670 g/mol. The molecule has 48 heavy (non-hydrogen) atoms. The van der Waals surface area contributed by atoms with E-state index in [0.717, 1.165) is 33.4 Å². The van der Waals surface area contributed by atoms with Crippen molar-refractivity contribution in [2.24, 2.45) is 7.05 Å². The molecule has 0 unspecified atom stereocenters.